The van der Waals surface area contributed by atoms with Gasteiger partial charge in [0.15, 0.2) is 0 Å². The molecule has 0 spiro atoms. The Balaban J connectivity index is 2.33. The molecule has 2 aromatic rings. The van der Waals surface area contributed by atoms with Gasteiger partial charge in [-0.15, -0.1) is 0 Å². The SMILES string of the molecule is CCc1cccc(C)c1NC(=O)c1ccc(F)cc1N. The van der Waals surface area contributed by atoms with Gasteiger partial charge < -0.3 is 11.1 Å². The Kier molecular flexibility index (Phi) is 4.03. The lowest BCUT2D eigenvalue weighted by Crippen LogP contribution is -2.16. The van der Waals surface area contributed by atoms with Crippen LogP contribution in [0.4, 0.5) is 15.8 Å². The first-order valence-corrected chi connectivity index (χ1v) is 6.47. The predicted molar refractivity (Wildman–Crippen MR) is 79.3 cm³/mol. The molecule has 104 valence electrons. The fourth-order valence-electron chi connectivity index (χ4n) is 2.12. The zero-order valence-corrected chi connectivity index (χ0v) is 11.5. The van der Waals surface area contributed by atoms with Gasteiger partial charge in [0.05, 0.1) is 5.56 Å². The molecule has 0 aliphatic rings. The number of carbonyl (C=O) groups is 1. The highest BCUT2D eigenvalue weighted by Crippen LogP contribution is 2.23. The molecule has 0 heterocycles. The summed E-state index contributed by atoms with van der Waals surface area (Å²) in [5.74, 6) is -0.782. The van der Waals surface area contributed by atoms with E-state index in [1.165, 1.54) is 12.1 Å². The second kappa shape index (κ2) is 5.74. The lowest BCUT2D eigenvalue weighted by Gasteiger charge is -2.13. The molecule has 3 N–H and O–H groups in total. The van der Waals surface area contributed by atoms with Crippen molar-refractivity contribution in [1.29, 1.82) is 0 Å². The quantitative estimate of drug-likeness (QED) is 0.840. The molecule has 20 heavy (non-hydrogen) atoms. The van der Waals surface area contributed by atoms with Gasteiger partial charge in [-0.05, 0) is 42.7 Å². The molecule has 0 unspecified atom stereocenters. The smallest absolute Gasteiger partial charge is 0.257 e. The summed E-state index contributed by atoms with van der Waals surface area (Å²) in [6.45, 7) is 3.96. The molecule has 0 atom stereocenters. The summed E-state index contributed by atoms with van der Waals surface area (Å²) in [4.78, 5) is 12.3. The van der Waals surface area contributed by atoms with Gasteiger partial charge in [-0.3, -0.25) is 4.79 Å². The van der Waals surface area contributed by atoms with Crippen LogP contribution in [0.1, 0.15) is 28.4 Å². The van der Waals surface area contributed by atoms with E-state index >= 15 is 0 Å². The van der Waals surface area contributed by atoms with E-state index in [4.69, 9.17) is 5.73 Å². The first-order chi connectivity index (χ1) is 9.52. The van der Waals surface area contributed by atoms with Crippen molar-refractivity contribution in [2.45, 2.75) is 20.3 Å². The van der Waals surface area contributed by atoms with E-state index in [9.17, 15) is 9.18 Å². The van der Waals surface area contributed by atoms with Crippen molar-refractivity contribution in [1.82, 2.24) is 0 Å². The molecule has 0 bridgehead atoms. The summed E-state index contributed by atoms with van der Waals surface area (Å²) in [6, 6.07) is 9.62. The first kappa shape index (κ1) is 14.1. The number of hydrogen-bond donors (Lipinski definition) is 2. The van der Waals surface area contributed by atoms with Crippen LogP contribution in [0.3, 0.4) is 0 Å². The van der Waals surface area contributed by atoms with Gasteiger partial charge in [-0.1, -0.05) is 25.1 Å². The molecule has 0 saturated heterocycles. The van der Waals surface area contributed by atoms with Gasteiger partial charge in [0, 0.05) is 11.4 Å². The van der Waals surface area contributed by atoms with Crippen molar-refractivity contribution >= 4 is 17.3 Å². The molecule has 2 rings (SSSR count). The Hall–Kier alpha value is -2.36. The molecule has 3 nitrogen and oxygen atoms in total. The van der Waals surface area contributed by atoms with Gasteiger partial charge >= 0.3 is 0 Å². The number of anilines is 2. The molecular formula is C16H17FN2O. The zero-order valence-electron chi connectivity index (χ0n) is 11.5. The average molecular weight is 272 g/mol. The number of rotatable bonds is 3. The lowest BCUT2D eigenvalue weighted by molar-refractivity contribution is 0.102. The van der Waals surface area contributed by atoms with Crippen molar-refractivity contribution in [3.63, 3.8) is 0 Å². The van der Waals surface area contributed by atoms with Crippen LogP contribution in [0.5, 0.6) is 0 Å². The molecule has 0 radical (unpaired) electrons. The minimum absolute atomic E-state index is 0.133. The lowest BCUT2D eigenvalue weighted by atomic mass is 10.0. The highest BCUT2D eigenvalue weighted by Gasteiger charge is 2.13. The van der Waals surface area contributed by atoms with Gasteiger partial charge in [0.25, 0.3) is 5.91 Å². The van der Waals surface area contributed by atoms with E-state index in [1.54, 1.807) is 0 Å². The summed E-state index contributed by atoms with van der Waals surface area (Å²) in [6.07, 6.45) is 0.816. The van der Waals surface area contributed by atoms with Crippen LogP contribution in [0.25, 0.3) is 0 Å². The van der Waals surface area contributed by atoms with Gasteiger partial charge in [-0.25, -0.2) is 4.39 Å². The third-order valence-electron chi connectivity index (χ3n) is 3.24. The average Bonchev–Trinajstić information content (AvgIpc) is 2.40. The number of carbonyl (C=O) groups excluding carboxylic acids is 1. The van der Waals surface area contributed by atoms with E-state index in [1.807, 2.05) is 32.0 Å². The number of nitrogens with one attached hydrogen (secondary N) is 1. The Labute approximate surface area is 117 Å². The highest BCUT2D eigenvalue weighted by molar-refractivity contribution is 6.08. The van der Waals surface area contributed by atoms with Crippen LogP contribution in [0, 0.1) is 12.7 Å². The molecule has 0 aromatic heterocycles. The maximum atomic E-state index is 13.0. The molecule has 0 aliphatic heterocycles. The number of para-hydroxylation sites is 1. The van der Waals surface area contributed by atoms with E-state index < -0.39 is 5.82 Å². The van der Waals surface area contributed by atoms with E-state index in [2.05, 4.69) is 5.32 Å². The second-order valence-corrected chi connectivity index (χ2v) is 4.65. The third kappa shape index (κ3) is 2.79. The molecular weight excluding hydrogens is 255 g/mol. The van der Waals surface area contributed by atoms with E-state index in [0.717, 1.165) is 29.3 Å². The normalized spacial score (nSPS) is 10.3. The molecule has 4 heteroatoms. The first-order valence-electron chi connectivity index (χ1n) is 6.47. The highest BCUT2D eigenvalue weighted by atomic mass is 19.1. The largest absolute Gasteiger partial charge is 0.398 e. The van der Waals surface area contributed by atoms with Crippen LogP contribution in [-0.2, 0) is 6.42 Å². The number of amides is 1. The number of hydrogen-bond acceptors (Lipinski definition) is 2. The van der Waals surface area contributed by atoms with Crippen molar-refractivity contribution in [2.24, 2.45) is 0 Å². The fourth-order valence-corrected chi connectivity index (χ4v) is 2.12. The summed E-state index contributed by atoms with van der Waals surface area (Å²) >= 11 is 0. The fraction of sp³-hybridized carbons (Fsp3) is 0.188. The van der Waals surface area contributed by atoms with Crippen molar-refractivity contribution in [3.05, 3.63) is 58.9 Å². The van der Waals surface area contributed by atoms with Crippen LogP contribution in [0.2, 0.25) is 0 Å². The molecule has 0 saturated carbocycles. The summed E-state index contributed by atoms with van der Waals surface area (Å²) < 4.78 is 13.0. The minimum Gasteiger partial charge on any atom is -0.398 e. The number of nitrogens with two attached hydrogens (primary N) is 1. The number of halogens is 1. The number of benzene rings is 2. The Morgan fingerprint density at radius 1 is 1.30 bits per heavy atom. The molecule has 0 fully saturated rings. The van der Waals surface area contributed by atoms with E-state index in [0.29, 0.717) is 0 Å². The second-order valence-electron chi connectivity index (χ2n) is 4.65. The summed E-state index contributed by atoms with van der Waals surface area (Å²) in [5.41, 5.74) is 8.93. The van der Waals surface area contributed by atoms with Crippen molar-refractivity contribution in [2.75, 3.05) is 11.1 Å². The minimum atomic E-state index is -0.454. The maximum Gasteiger partial charge on any atom is 0.257 e. The number of nitrogen functional groups attached to an aromatic ring is 1. The summed E-state index contributed by atoms with van der Waals surface area (Å²) in [7, 11) is 0. The topological polar surface area (TPSA) is 55.1 Å². The van der Waals surface area contributed by atoms with Crippen LogP contribution in [0.15, 0.2) is 36.4 Å². The summed E-state index contributed by atoms with van der Waals surface area (Å²) in [5, 5.41) is 2.86. The van der Waals surface area contributed by atoms with Gasteiger partial charge in [0.2, 0.25) is 0 Å². The predicted octanol–water partition coefficient (Wildman–Crippen LogP) is 3.53. The molecule has 2 aromatic carbocycles. The standard InChI is InChI=1S/C16H17FN2O/c1-3-11-6-4-5-10(2)15(11)19-16(20)13-8-7-12(17)9-14(13)18/h4-9H,3,18H2,1-2H3,(H,19,20). The maximum absolute atomic E-state index is 13.0. The zero-order chi connectivity index (χ0) is 14.7. The van der Waals surface area contributed by atoms with Crippen LogP contribution in [-0.4, -0.2) is 5.91 Å². The van der Waals surface area contributed by atoms with Crippen LogP contribution >= 0.6 is 0 Å². The molecule has 1 amide bonds. The van der Waals surface area contributed by atoms with Gasteiger partial charge in [0.1, 0.15) is 5.82 Å². The number of aryl methyl sites for hydroxylation is 2. The Morgan fingerprint density at radius 2 is 2.05 bits per heavy atom. The van der Waals surface area contributed by atoms with Crippen LogP contribution < -0.4 is 11.1 Å². The van der Waals surface area contributed by atoms with Crippen molar-refractivity contribution < 1.29 is 9.18 Å². The Morgan fingerprint density at radius 3 is 2.70 bits per heavy atom. The third-order valence-corrected chi connectivity index (χ3v) is 3.24. The molecule has 0 aliphatic carbocycles. The monoisotopic (exact) mass is 272 g/mol. The van der Waals surface area contributed by atoms with Gasteiger partial charge in [-0.2, -0.15) is 0 Å². The van der Waals surface area contributed by atoms with Crippen molar-refractivity contribution in [3.8, 4) is 0 Å². The Bertz CT molecular complexity index is 653. The van der Waals surface area contributed by atoms with E-state index in [-0.39, 0.29) is 17.2 Å².